The topological polar surface area (TPSA) is 83.0 Å². The number of nitrogens with zero attached hydrogens (tertiary/aromatic N) is 3. The fraction of sp³-hybridized carbons (Fsp3) is 0.409. The number of aryl methyl sites for hydroxylation is 2. The van der Waals surface area contributed by atoms with Gasteiger partial charge in [-0.15, -0.1) is 11.3 Å². The van der Waals surface area contributed by atoms with Crippen LogP contribution in [-0.4, -0.2) is 65.9 Å². The minimum atomic E-state index is -0.653. The minimum absolute atomic E-state index is 0.113. The Morgan fingerprint density at radius 3 is 2.47 bits per heavy atom. The highest BCUT2D eigenvalue weighted by molar-refractivity contribution is 7.14. The van der Waals surface area contributed by atoms with Crippen LogP contribution in [0.3, 0.4) is 0 Å². The highest BCUT2D eigenvalue weighted by atomic mass is 32.1. The molecule has 7 nitrogen and oxygen atoms in total. The molecule has 0 bridgehead atoms. The summed E-state index contributed by atoms with van der Waals surface area (Å²) < 4.78 is 5.23. The lowest BCUT2D eigenvalue weighted by molar-refractivity contribution is -0.129. The second kappa shape index (κ2) is 8.97. The monoisotopic (exact) mass is 429 g/mol. The van der Waals surface area contributed by atoms with Crippen LogP contribution in [0.1, 0.15) is 38.4 Å². The predicted molar refractivity (Wildman–Crippen MR) is 116 cm³/mol. The molecule has 1 aliphatic heterocycles. The van der Waals surface area contributed by atoms with Gasteiger partial charge in [-0.1, -0.05) is 12.1 Å². The summed E-state index contributed by atoms with van der Waals surface area (Å²) in [6.45, 7) is 4.81. The van der Waals surface area contributed by atoms with Crippen LogP contribution >= 0.6 is 11.3 Å². The number of amides is 1. The van der Waals surface area contributed by atoms with E-state index in [1.807, 2.05) is 38.1 Å². The molecular formula is C22H27N3O4S. The van der Waals surface area contributed by atoms with E-state index in [0.29, 0.717) is 22.9 Å². The van der Waals surface area contributed by atoms with Crippen molar-refractivity contribution in [2.45, 2.75) is 26.3 Å². The molecule has 0 fully saturated rings. The first-order valence-corrected chi connectivity index (χ1v) is 10.6. The van der Waals surface area contributed by atoms with E-state index in [-0.39, 0.29) is 11.4 Å². The summed E-state index contributed by atoms with van der Waals surface area (Å²) in [5, 5.41) is 11.5. The molecule has 1 amide bonds. The quantitative estimate of drug-likeness (QED) is 0.649. The zero-order valence-corrected chi connectivity index (χ0v) is 18.7. The van der Waals surface area contributed by atoms with E-state index in [4.69, 9.17) is 4.74 Å². The third-order valence-electron chi connectivity index (χ3n) is 5.09. The normalized spacial score (nSPS) is 16.7. The van der Waals surface area contributed by atoms with Gasteiger partial charge in [0.2, 0.25) is 5.78 Å². The van der Waals surface area contributed by atoms with E-state index >= 15 is 0 Å². The number of methoxy groups -OCH3 is 1. The standard InChI is InChI=1S/C22H27N3O4S/c1-13-21(30-14(2)23-13)19(26)17-18(15-7-9-16(29-5)10-8-15)25(22(28)20(17)27)12-6-11-24(3)4/h7-10,18,27H,6,11-12H2,1-5H3. The molecule has 0 spiro atoms. The number of hydrogen-bond donors (Lipinski definition) is 1. The first-order valence-electron chi connectivity index (χ1n) is 9.76. The molecule has 2 aromatic rings. The van der Waals surface area contributed by atoms with Crippen molar-refractivity contribution in [3.63, 3.8) is 0 Å². The molecule has 1 N–H and O–H groups in total. The lowest BCUT2D eigenvalue weighted by atomic mass is 9.95. The number of aliphatic hydroxyl groups is 1. The van der Waals surface area contributed by atoms with E-state index in [9.17, 15) is 14.7 Å². The van der Waals surface area contributed by atoms with Crippen LogP contribution in [0, 0.1) is 13.8 Å². The van der Waals surface area contributed by atoms with Gasteiger partial charge in [-0.25, -0.2) is 4.98 Å². The van der Waals surface area contributed by atoms with Crippen molar-refractivity contribution in [3.8, 4) is 5.75 Å². The number of thiazole rings is 1. The largest absolute Gasteiger partial charge is 0.503 e. The van der Waals surface area contributed by atoms with Crippen LogP contribution in [0.5, 0.6) is 5.75 Å². The van der Waals surface area contributed by atoms with Crippen molar-refractivity contribution in [1.29, 1.82) is 0 Å². The zero-order valence-electron chi connectivity index (χ0n) is 17.9. The molecule has 0 aliphatic carbocycles. The summed E-state index contributed by atoms with van der Waals surface area (Å²) in [6.07, 6.45) is 0.721. The Hall–Kier alpha value is -2.71. The van der Waals surface area contributed by atoms with E-state index < -0.39 is 17.7 Å². The molecule has 0 saturated heterocycles. The average molecular weight is 430 g/mol. The smallest absolute Gasteiger partial charge is 0.290 e. The maximum Gasteiger partial charge on any atom is 0.290 e. The van der Waals surface area contributed by atoms with E-state index in [2.05, 4.69) is 4.98 Å². The van der Waals surface area contributed by atoms with Crippen molar-refractivity contribution < 1.29 is 19.4 Å². The number of Topliss-reactive ketones (excluding diaryl/α,β-unsaturated/α-hetero) is 1. The van der Waals surface area contributed by atoms with Crippen LogP contribution in [0.25, 0.3) is 0 Å². The molecule has 160 valence electrons. The van der Waals surface area contributed by atoms with Crippen molar-refractivity contribution >= 4 is 23.0 Å². The number of ether oxygens (including phenoxy) is 1. The van der Waals surface area contributed by atoms with Gasteiger partial charge < -0.3 is 19.6 Å². The summed E-state index contributed by atoms with van der Waals surface area (Å²) >= 11 is 1.28. The number of hydrogen-bond acceptors (Lipinski definition) is 7. The Balaban J connectivity index is 2.03. The number of carbonyl (C=O) groups is 2. The Labute approximate surface area is 180 Å². The third-order valence-corrected chi connectivity index (χ3v) is 6.17. The molecule has 1 unspecified atom stereocenters. The van der Waals surface area contributed by atoms with Crippen molar-refractivity contribution in [2.75, 3.05) is 34.3 Å². The van der Waals surface area contributed by atoms with Crippen molar-refractivity contribution in [3.05, 3.63) is 56.7 Å². The van der Waals surface area contributed by atoms with Gasteiger partial charge in [0.15, 0.2) is 5.76 Å². The zero-order chi connectivity index (χ0) is 22.0. The van der Waals surface area contributed by atoms with Crippen molar-refractivity contribution in [2.24, 2.45) is 0 Å². The fourth-order valence-electron chi connectivity index (χ4n) is 3.67. The number of aliphatic hydroxyl groups excluding tert-OH is 1. The summed E-state index contributed by atoms with van der Waals surface area (Å²) in [5.74, 6) is -0.662. The second-order valence-electron chi connectivity index (χ2n) is 7.57. The Morgan fingerprint density at radius 1 is 1.27 bits per heavy atom. The first-order chi connectivity index (χ1) is 14.2. The SMILES string of the molecule is COc1ccc(C2C(C(=O)c3sc(C)nc3C)=C(O)C(=O)N2CCCN(C)C)cc1. The van der Waals surface area contributed by atoms with Crippen LogP contribution < -0.4 is 4.74 Å². The van der Waals surface area contributed by atoms with Crippen LogP contribution in [0.4, 0.5) is 0 Å². The van der Waals surface area contributed by atoms with Gasteiger partial charge in [-0.2, -0.15) is 0 Å². The molecule has 1 atom stereocenters. The number of benzene rings is 1. The highest BCUT2D eigenvalue weighted by Crippen LogP contribution is 2.40. The van der Waals surface area contributed by atoms with E-state index in [0.717, 1.165) is 23.5 Å². The fourth-order valence-corrected chi connectivity index (χ4v) is 4.54. The number of rotatable bonds is 8. The Morgan fingerprint density at radius 2 is 1.93 bits per heavy atom. The van der Waals surface area contributed by atoms with Gasteiger partial charge in [-0.05, 0) is 58.6 Å². The molecule has 1 aromatic carbocycles. The highest BCUT2D eigenvalue weighted by Gasteiger charge is 2.44. The molecule has 8 heteroatoms. The molecule has 1 aromatic heterocycles. The van der Waals surface area contributed by atoms with E-state index in [1.54, 1.807) is 31.1 Å². The maximum atomic E-state index is 13.4. The van der Waals surface area contributed by atoms with Gasteiger partial charge in [0.05, 0.1) is 34.3 Å². The van der Waals surface area contributed by atoms with E-state index in [1.165, 1.54) is 11.3 Å². The lowest BCUT2D eigenvalue weighted by Gasteiger charge is -2.27. The minimum Gasteiger partial charge on any atom is -0.503 e. The summed E-state index contributed by atoms with van der Waals surface area (Å²) in [6, 6.07) is 6.58. The van der Waals surface area contributed by atoms with Gasteiger partial charge in [0.25, 0.3) is 5.91 Å². The molecule has 30 heavy (non-hydrogen) atoms. The van der Waals surface area contributed by atoms with Gasteiger partial charge in [0, 0.05) is 6.54 Å². The molecule has 2 heterocycles. The molecule has 0 radical (unpaired) electrons. The average Bonchev–Trinajstić information content (AvgIpc) is 3.18. The molecule has 0 saturated carbocycles. The lowest BCUT2D eigenvalue weighted by Crippen LogP contribution is -2.33. The summed E-state index contributed by atoms with van der Waals surface area (Å²) in [5.41, 5.74) is 1.47. The Kier molecular flexibility index (Phi) is 6.58. The van der Waals surface area contributed by atoms with Gasteiger partial charge in [-0.3, -0.25) is 9.59 Å². The number of carbonyl (C=O) groups excluding carboxylic acids is 2. The third kappa shape index (κ3) is 4.24. The van der Waals surface area contributed by atoms with Crippen molar-refractivity contribution in [1.82, 2.24) is 14.8 Å². The molecule has 3 rings (SSSR count). The van der Waals surface area contributed by atoms with Crippen LogP contribution in [0.2, 0.25) is 0 Å². The number of ketones is 1. The molecule has 1 aliphatic rings. The molecular weight excluding hydrogens is 402 g/mol. The maximum absolute atomic E-state index is 13.4. The second-order valence-corrected chi connectivity index (χ2v) is 8.77. The predicted octanol–water partition coefficient (Wildman–Crippen LogP) is 3.30. The number of aromatic nitrogens is 1. The Bertz CT molecular complexity index is 979. The van der Waals surface area contributed by atoms with Gasteiger partial charge >= 0.3 is 0 Å². The summed E-state index contributed by atoms with van der Waals surface area (Å²) in [4.78, 5) is 34.7. The summed E-state index contributed by atoms with van der Waals surface area (Å²) in [7, 11) is 5.51. The van der Waals surface area contributed by atoms with Crippen LogP contribution in [-0.2, 0) is 4.79 Å². The van der Waals surface area contributed by atoms with Crippen LogP contribution in [0.15, 0.2) is 35.6 Å². The first kappa shape index (κ1) is 22.0. The van der Waals surface area contributed by atoms with Gasteiger partial charge in [0.1, 0.15) is 5.75 Å².